The van der Waals surface area contributed by atoms with Gasteiger partial charge in [0.1, 0.15) is 11.6 Å². The number of hydrogen-bond acceptors (Lipinski definition) is 7. The molecule has 3 aliphatic heterocycles. The molecule has 6 rings (SSSR count). The first kappa shape index (κ1) is 29.7. The third-order valence-corrected chi connectivity index (χ3v) is 8.84. The Hall–Kier alpha value is -2.78. The average molecular weight is 564 g/mol. The van der Waals surface area contributed by atoms with Crippen LogP contribution in [-0.2, 0) is 37.5 Å². The number of carbonyl (C=O) groups excluding carboxylic acids is 2. The van der Waals surface area contributed by atoms with Gasteiger partial charge in [0.05, 0.1) is 0 Å². The highest BCUT2D eigenvalue weighted by atomic mass is 16.7. The van der Waals surface area contributed by atoms with E-state index in [2.05, 4.69) is 27.7 Å². The van der Waals surface area contributed by atoms with Crippen LogP contribution in [0.2, 0.25) is 0 Å². The topological polar surface area (TPSA) is 89.1 Å². The maximum atomic E-state index is 14.0. The van der Waals surface area contributed by atoms with Gasteiger partial charge in [0.15, 0.2) is 6.29 Å². The minimum absolute atomic E-state index is 0.0409. The molecule has 41 heavy (non-hydrogen) atoms. The second-order valence-corrected chi connectivity index (χ2v) is 11.4. The van der Waals surface area contributed by atoms with E-state index in [1.165, 1.54) is 5.56 Å². The summed E-state index contributed by atoms with van der Waals surface area (Å²) >= 11 is 0. The van der Waals surface area contributed by atoms with Gasteiger partial charge in [-0.3, -0.25) is 15.0 Å². The predicted molar refractivity (Wildman–Crippen MR) is 157 cm³/mol. The number of amides is 1. The molecule has 222 valence electrons. The molecule has 8 heteroatoms. The zero-order valence-electron chi connectivity index (χ0n) is 24.5. The molecule has 2 bridgehead atoms. The Morgan fingerprint density at radius 3 is 2.56 bits per heavy atom. The molecule has 1 amide bonds. The molecule has 0 aromatic heterocycles. The largest absolute Gasteiger partial charge is 0.459 e. The monoisotopic (exact) mass is 563 g/mol. The zero-order valence-corrected chi connectivity index (χ0v) is 24.5. The van der Waals surface area contributed by atoms with Gasteiger partial charge in [0.25, 0.3) is 5.91 Å². The van der Waals surface area contributed by atoms with Crippen molar-refractivity contribution in [3.8, 4) is 0 Å². The maximum Gasteiger partial charge on any atom is 0.331 e. The minimum atomic E-state index is -0.890. The molecule has 2 aromatic carbocycles. The minimum Gasteiger partial charge on any atom is -0.459 e. The molecule has 2 N–H and O–H groups in total. The highest BCUT2D eigenvalue weighted by Crippen LogP contribution is 2.40. The fourth-order valence-electron chi connectivity index (χ4n) is 6.60. The van der Waals surface area contributed by atoms with Crippen molar-refractivity contribution in [3.63, 3.8) is 0 Å². The van der Waals surface area contributed by atoms with Crippen LogP contribution in [0, 0.1) is 5.92 Å². The molecule has 3 heterocycles. The van der Waals surface area contributed by atoms with Gasteiger partial charge in [-0.1, -0.05) is 36.4 Å². The first-order chi connectivity index (χ1) is 20.0. The summed E-state index contributed by atoms with van der Waals surface area (Å²) in [5.74, 6) is 0.170. The number of benzene rings is 2. The number of piperidine rings is 3. The molecule has 0 saturated carbocycles. The lowest BCUT2D eigenvalue weighted by Gasteiger charge is -2.45. The number of nitrogens with zero attached hydrogens (tertiary/aromatic N) is 1. The first-order valence-electron chi connectivity index (χ1n) is 15.4. The van der Waals surface area contributed by atoms with Gasteiger partial charge in [0, 0.05) is 44.8 Å². The molecule has 2 aromatic rings. The van der Waals surface area contributed by atoms with E-state index in [-0.39, 0.29) is 24.3 Å². The number of hydrogen-bond donors (Lipinski definition) is 2. The molecular formula is C33H45N3O5. The summed E-state index contributed by atoms with van der Waals surface area (Å²) < 4.78 is 17.5. The molecule has 0 spiro atoms. The van der Waals surface area contributed by atoms with Crippen LogP contribution >= 0.6 is 0 Å². The van der Waals surface area contributed by atoms with Gasteiger partial charge < -0.3 is 19.5 Å². The van der Waals surface area contributed by atoms with Crippen LogP contribution in [0.4, 0.5) is 0 Å². The van der Waals surface area contributed by atoms with Crippen molar-refractivity contribution >= 4 is 11.9 Å². The number of esters is 1. The first-order valence-corrected chi connectivity index (χ1v) is 15.4. The third kappa shape index (κ3) is 7.00. The van der Waals surface area contributed by atoms with E-state index in [0.29, 0.717) is 44.2 Å². The number of carbonyl (C=O) groups is 2. The second kappa shape index (κ2) is 13.9. The van der Waals surface area contributed by atoms with Crippen LogP contribution in [0.3, 0.4) is 0 Å². The predicted octanol–water partition coefficient (Wildman–Crippen LogP) is 4.16. The van der Waals surface area contributed by atoms with Crippen molar-refractivity contribution in [2.24, 2.45) is 5.92 Å². The lowest BCUT2D eigenvalue weighted by atomic mass is 9.85. The second-order valence-electron chi connectivity index (χ2n) is 11.4. The van der Waals surface area contributed by atoms with E-state index in [1.807, 2.05) is 50.2 Å². The normalized spacial score (nSPS) is 24.8. The van der Waals surface area contributed by atoms with Gasteiger partial charge in [-0.25, -0.2) is 4.79 Å². The summed E-state index contributed by atoms with van der Waals surface area (Å²) in [6.07, 6.45) is 4.91. The smallest absolute Gasteiger partial charge is 0.331 e. The summed E-state index contributed by atoms with van der Waals surface area (Å²) in [4.78, 5) is 29.3. The van der Waals surface area contributed by atoms with Gasteiger partial charge in [-0.15, -0.1) is 0 Å². The Morgan fingerprint density at radius 2 is 1.83 bits per heavy atom. The van der Waals surface area contributed by atoms with Crippen LogP contribution in [0.15, 0.2) is 48.5 Å². The fourth-order valence-corrected chi connectivity index (χ4v) is 6.60. The van der Waals surface area contributed by atoms with Gasteiger partial charge in [-0.05, 0) is 93.8 Å². The van der Waals surface area contributed by atoms with Crippen LogP contribution in [0.5, 0.6) is 0 Å². The zero-order chi connectivity index (χ0) is 28.7. The van der Waals surface area contributed by atoms with Crippen LogP contribution < -0.4 is 10.6 Å². The third-order valence-electron chi connectivity index (χ3n) is 8.84. The van der Waals surface area contributed by atoms with Crippen molar-refractivity contribution in [1.29, 1.82) is 0 Å². The summed E-state index contributed by atoms with van der Waals surface area (Å²) in [5, 5.41) is 6.62. The average Bonchev–Trinajstić information content (AvgIpc) is 3.39. The Morgan fingerprint density at radius 1 is 1.05 bits per heavy atom. The van der Waals surface area contributed by atoms with Crippen LogP contribution in [0.1, 0.15) is 73.0 Å². The summed E-state index contributed by atoms with van der Waals surface area (Å²) in [6.45, 7) is 9.15. The van der Waals surface area contributed by atoms with Crippen molar-refractivity contribution in [1.82, 2.24) is 15.5 Å². The molecular weight excluding hydrogens is 518 g/mol. The molecule has 3 fully saturated rings. The summed E-state index contributed by atoms with van der Waals surface area (Å²) in [6, 6.07) is 15.8. The Bertz CT molecular complexity index is 1170. The standard InChI is InChI=1S/C33H45N3O5/c1-3-39-30(40-4-2)13-8-18-34-31(37)27-11-7-9-24(21-27)22-35-33(17-14-25-10-5-6-12-28(25)33)32(38)41-29-23-36-19-15-26(29)16-20-36/h5-7,9-12,21,26,29-30,35H,3-4,8,13-20,22-23H2,1-2H3,(H,34,37)/t29-,33?/m0/s1. The molecule has 1 aliphatic carbocycles. The van der Waals surface area contributed by atoms with Crippen LogP contribution in [0.25, 0.3) is 0 Å². The molecule has 4 aliphatic rings. The van der Waals surface area contributed by atoms with Gasteiger partial charge in [-0.2, -0.15) is 0 Å². The van der Waals surface area contributed by atoms with Crippen LogP contribution in [-0.4, -0.2) is 68.6 Å². The number of rotatable bonds is 14. The van der Waals surface area contributed by atoms with Crippen molar-refractivity contribution in [3.05, 3.63) is 70.8 Å². The molecule has 0 radical (unpaired) electrons. The Kier molecular flexibility index (Phi) is 10.1. The maximum absolute atomic E-state index is 14.0. The molecule has 1 unspecified atom stereocenters. The lowest BCUT2D eigenvalue weighted by Crippen LogP contribution is -2.55. The molecule has 8 nitrogen and oxygen atoms in total. The van der Waals surface area contributed by atoms with E-state index >= 15 is 0 Å². The quantitative estimate of drug-likeness (QED) is 0.203. The lowest BCUT2D eigenvalue weighted by molar-refractivity contribution is -0.167. The number of ether oxygens (including phenoxy) is 3. The Balaban J connectivity index is 1.22. The van der Waals surface area contributed by atoms with Gasteiger partial charge >= 0.3 is 5.97 Å². The number of fused-ring (bicyclic) bond motifs is 4. The fraction of sp³-hybridized carbons (Fsp3) is 0.576. The number of nitrogens with one attached hydrogen (secondary N) is 2. The number of aryl methyl sites for hydroxylation is 1. The summed E-state index contributed by atoms with van der Waals surface area (Å²) in [7, 11) is 0. The highest BCUT2D eigenvalue weighted by Gasteiger charge is 2.48. The van der Waals surface area contributed by atoms with Crippen molar-refractivity contribution in [2.75, 3.05) is 39.4 Å². The molecule has 3 saturated heterocycles. The van der Waals surface area contributed by atoms with E-state index in [9.17, 15) is 9.59 Å². The van der Waals surface area contributed by atoms with E-state index < -0.39 is 5.54 Å². The Labute approximate surface area is 244 Å². The molecule has 2 atom stereocenters. The van der Waals surface area contributed by atoms with Crippen molar-refractivity contribution in [2.45, 2.75) is 76.9 Å². The van der Waals surface area contributed by atoms with Gasteiger partial charge in [0.2, 0.25) is 0 Å². The SMILES string of the molecule is CCOC(CCCNC(=O)c1cccc(CNC2(C(=O)O[C@H]3CN4CCC3CC4)CCc3ccccc32)c1)OCC. The van der Waals surface area contributed by atoms with E-state index in [4.69, 9.17) is 14.2 Å². The van der Waals surface area contributed by atoms with E-state index in [1.54, 1.807) is 0 Å². The summed E-state index contributed by atoms with van der Waals surface area (Å²) in [5.41, 5.74) is 2.86. The highest BCUT2D eigenvalue weighted by molar-refractivity contribution is 5.94. The van der Waals surface area contributed by atoms with Crippen molar-refractivity contribution < 1.29 is 23.8 Å². The van der Waals surface area contributed by atoms with E-state index in [0.717, 1.165) is 62.9 Å².